The van der Waals surface area contributed by atoms with Gasteiger partial charge in [0.05, 0.1) is 0 Å². The van der Waals surface area contributed by atoms with Gasteiger partial charge in [-0.1, -0.05) is 29.8 Å². The van der Waals surface area contributed by atoms with E-state index >= 15 is 0 Å². The van der Waals surface area contributed by atoms with Gasteiger partial charge < -0.3 is 5.32 Å². The van der Waals surface area contributed by atoms with E-state index in [0.717, 1.165) is 6.54 Å². The lowest BCUT2D eigenvalue weighted by Gasteiger charge is -2.49. The van der Waals surface area contributed by atoms with Crippen LogP contribution in [0.3, 0.4) is 0 Å². The predicted molar refractivity (Wildman–Crippen MR) is 71.0 cm³/mol. The third-order valence-corrected chi connectivity index (χ3v) is 4.27. The molecule has 1 spiro atoms. The number of nitrogens with one attached hydrogen (secondary N) is 1. The highest BCUT2D eigenvalue weighted by atomic mass is 15.2. The Morgan fingerprint density at radius 3 is 2.65 bits per heavy atom. The maximum atomic E-state index is 3.44. The summed E-state index contributed by atoms with van der Waals surface area (Å²) in [6.45, 7) is 8.31. The summed E-state index contributed by atoms with van der Waals surface area (Å²) < 4.78 is 0. The van der Waals surface area contributed by atoms with Crippen LogP contribution in [-0.4, -0.2) is 31.1 Å². The van der Waals surface area contributed by atoms with Gasteiger partial charge in [-0.05, 0) is 31.9 Å². The molecule has 2 aliphatic heterocycles. The van der Waals surface area contributed by atoms with Gasteiger partial charge >= 0.3 is 0 Å². The molecule has 1 aromatic rings. The average molecular weight is 230 g/mol. The zero-order valence-electron chi connectivity index (χ0n) is 10.7. The van der Waals surface area contributed by atoms with Crippen LogP contribution in [0.4, 0.5) is 0 Å². The van der Waals surface area contributed by atoms with Gasteiger partial charge in [0, 0.05) is 31.6 Å². The summed E-state index contributed by atoms with van der Waals surface area (Å²) in [5.74, 6) is 0. The zero-order chi connectivity index (χ0) is 11.7. The standard InChI is InChI=1S/C15H22N2/c1-13-3-5-14(6-4-13)9-17-8-2-7-15(12-17)10-16-11-15/h3-6,16H,2,7-12H2,1H3. The fraction of sp³-hybridized carbons (Fsp3) is 0.600. The number of benzene rings is 1. The Kier molecular flexibility index (Phi) is 2.93. The van der Waals surface area contributed by atoms with Crippen molar-refractivity contribution in [3.05, 3.63) is 35.4 Å². The quantitative estimate of drug-likeness (QED) is 0.838. The van der Waals surface area contributed by atoms with Crippen LogP contribution in [0, 0.1) is 12.3 Å². The van der Waals surface area contributed by atoms with E-state index in [4.69, 9.17) is 0 Å². The highest BCUT2D eigenvalue weighted by Crippen LogP contribution is 2.33. The van der Waals surface area contributed by atoms with Crippen LogP contribution >= 0.6 is 0 Å². The largest absolute Gasteiger partial charge is 0.315 e. The molecule has 0 atom stereocenters. The molecule has 0 aliphatic carbocycles. The number of piperidine rings is 1. The molecular weight excluding hydrogens is 208 g/mol. The molecule has 92 valence electrons. The molecule has 0 saturated carbocycles. The van der Waals surface area contributed by atoms with Gasteiger partial charge in [0.25, 0.3) is 0 Å². The van der Waals surface area contributed by atoms with Crippen molar-refractivity contribution in [2.24, 2.45) is 5.41 Å². The van der Waals surface area contributed by atoms with Crippen molar-refractivity contribution in [2.45, 2.75) is 26.3 Å². The Hall–Kier alpha value is -0.860. The zero-order valence-corrected chi connectivity index (χ0v) is 10.7. The first-order chi connectivity index (χ1) is 8.26. The summed E-state index contributed by atoms with van der Waals surface area (Å²) in [5, 5.41) is 3.44. The molecule has 3 rings (SSSR count). The lowest BCUT2D eigenvalue weighted by molar-refractivity contribution is 0.0375. The van der Waals surface area contributed by atoms with E-state index in [1.807, 2.05) is 0 Å². The van der Waals surface area contributed by atoms with Crippen molar-refractivity contribution in [2.75, 3.05) is 26.2 Å². The van der Waals surface area contributed by atoms with E-state index in [0.29, 0.717) is 5.41 Å². The molecule has 2 heteroatoms. The molecule has 0 amide bonds. The first-order valence-corrected chi connectivity index (χ1v) is 6.74. The lowest BCUT2D eigenvalue weighted by atomic mass is 9.75. The molecular formula is C15H22N2. The molecule has 2 heterocycles. The van der Waals surface area contributed by atoms with Crippen LogP contribution in [0.1, 0.15) is 24.0 Å². The fourth-order valence-electron chi connectivity index (χ4n) is 3.16. The Bertz CT molecular complexity index is 378. The van der Waals surface area contributed by atoms with Crippen molar-refractivity contribution < 1.29 is 0 Å². The molecule has 0 radical (unpaired) electrons. The van der Waals surface area contributed by atoms with Crippen LogP contribution < -0.4 is 5.32 Å². The second kappa shape index (κ2) is 4.43. The fourth-order valence-corrected chi connectivity index (χ4v) is 3.16. The molecule has 0 bridgehead atoms. The van der Waals surface area contributed by atoms with Crippen LogP contribution in [0.5, 0.6) is 0 Å². The molecule has 1 N–H and O–H groups in total. The minimum atomic E-state index is 0.614. The third-order valence-electron chi connectivity index (χ3n) is 4.27. The third kappa shape index (κ3) is 2.38. The molecule has 2 nitrogen and oxygen atoms in total. The van der Waals surface area contributed by atoms with Gasteiger partial charge in [0.1, 0.15) is 0 Å². The summed E-state index contributed by atoms with van der Waals surface area (Å²) >= 11 is 0. The number of rotatable bonds is 2. The van der Waals surface area contributed by atoms with Crippen molar-refractivity contribution in [1.29, 1.82) is 0 Å². The summed E-state index contributed by atoms with van der Waals surface area (Å²) in [6, 6.07) is 8.99. The number of aryl methyl sites for hydroxylation is 1. The molecule has 2 aliphatic rings. The van der Waals surface area contributed by atoms with E-state index in [1.54, 1.807) is 0 Å². The van der Waals surface area contributed by atoms with E-state index < -0.39 is 0 Å². The Balaban J connectivity index is 1.63. The Morgan fingerprint density at radius 1 is 1.24 bits per heavy atom. The van der Waals surface area contributed by atoms with Crippen molar-refractivity contribution in [3.63, 3.8) is 0 Å². The van der Waals surface area contributed by atoms with Gasteiger partial charge in [-0.2, -0.15) is 0 Å². The van der Waals surface area contributed by atoms with Crippen LogP contribution in [-0.2, 0) is 6.54 Å². The van der Waals surface area contributed by atoms with Crippen LogP contribution in [0.15, 0.2) is 24.3 Å². The highest BCUT2D eigenvalue weighted by Gasteiger charge is 2.40. The topological polar surface area (TPSA) is 15.3 Å². The molecule has 0 aromatic heterocycles. The summed E-state index contributed by atoms with van der Waals surface area (Å²) in [7, 11) is 0. The van der Waals surface area contributed by atoms with Crippen molar-refractivity contribution in [3.8, 4) is 0 Å². The van der Waals surface area contributed by atoms with E-state index in [-0.39, 0.29) is 0 Å². The number of likely N-dealkylation sites (tertiary alicyclic amines) is 1. The maximum Gasteiger partial charge on any atom is 0.0233 e. The minimum absolute atomic E-state index is 0.614. The Labute approximate surface area is 104 Å². The van der Waals surface area contributed by atoms with Crippen molar-refractivity contribution in [1.82, 2.24) is 10.2 Å². The average Bonchev–Trinajstić information content (AvgIpc) is 2.31. The van der Waals surface area contributed by atoms with Crippen LogP contribution in [0.2, 0.25) is 0 Å². The second-order valence-electron chi connectivity index (χ2n) is 5.90. The number of nitrogens with zero attached hydrogens (tertiary/aromatic N) is 1. The van der Waals surface area contributed by atoms with E-state index in [1.165, 1.54) is 50.1 Å². The smallest absolute Gasteiger partial charge is 0.0233 e. The highest BCUT2D eigenvalue weighted by molar-refractivity contribution is 5.21. The lowest BCUT2D eigenvalue weighted by Crippen LogP contribution is -2.60. The van der Waals surface area contributed by atoms with Gasteiger partial charge in [-0.15, -0.1) is 0 Å². The number of hydrogen-bond acceptors (Lipinski definition) is 2. The molecule has 2 saturated heterocycles. The first kappa shape index (κ1) is 11.2. The SMILES string of the molecule is Cc1ccc(CN2CCCC3(CNC3)C2)cc1. The maximum absolute atomic E-state index is 3.44. The normalized spacial score (nSPS) is 23.6. The number of hydrogen-bond donors (Lipinski definition) is 1. The second-order valence-corrected chi connectivity index (χ2v) is 5.90. The molecule has 1 aromatic carbocycles. The molecule has 2 fully saturated rings. The minimum Gasteiger partial charge on any atom is -0.315 e. The first-order valence-electron chi connectivity index (χ1n) is 6.74. The summed E-state index contributed by atoms with van der Waals surface area (Å²) in [5.41, 5.74) is 3.43. The van der Waals surface area contributed by atoms with Gasteiger partial charge in [0.15, 0.2) is 0 Å². The monoisotopic (exact) mass is 230 g/mol. The Morgan fingerprint density at radius 2 is 2.00 bits per heavy atom. The van der Waals surface area contributed by atoms with Gasteiger partial charge in [0.2, 0.25) is 0 Å². The van der Waals surface area contributed by atoms with Crippen LogP contribution in [0.25, 0.3) is 0 Å². The summed E-state index contributed by atoms with van der Waals surface area (Å²) in [4.78, 5) is 2.63. The van der Waals surface area contributed by atoms with Gasteiger partial charge in [-0.25, -0.2) is 0 Å². The molecule has 17 heavy (non-hydrogen) atoms. The van der Waals surface area contributed by atoms with E-state index in [9.17, 15) is 0 Å². The summed E-state index contributed by atoms with van der Waals surface area (Å²) in [6.07, 6.45) is 2.79. The predicted octanol–water partition coefficient (Wildman–Crippen LogP) is 2.18. The molecule has 0 unspecified atom stereocenters. The van der Waals surface area contributed by atoms with E-state index in [2.05, 4.69) is 41.4 Å². The van der Waals surface area contributed by atoms with Gasteiger partial charge in [-0.3, -0.25) is 4.90 Å². The van der Waals surface area contributed by atoms with Crippen molar-refractivity contribution >= 4 is 0 Å².